The van der Waals surface area contributed by atoms with Crippen LogP contribution in [0.1, 0.15) is 29.9 Å². The van der Waals surface area contributed by atoms with Crippen molar-refractivity contribution in [1.82, 2.24) is 5.16 Å². The van der Waals surface area contributed by atoms with Crippen molar-refractivity contribution in [1.29, 1.82) is 0 Å². The van der Waals surface area contributed by atoms with E-state index in [0.717, 1.165) is 25.0 Å². The van der Waals surface area contributed by atoms with Gasteiger partial charge in [-0.15, -0.1) is 0 Å². The van der Waals surface area contributed by atoms with Crippen LogP contribution in [0.2, 0.25) is 0 Å². The molecule has 0 atom stereocenters. The summed E-state index contributed by atoms with van der Waals surface area (Å²) in [6, 6.07) is 0. The second kappa shape index (κ2) is 3.27. The Hall–Kier alpha value is -0.830. The van der Waals surface area contributed by atoms with Crippen molar-refractivity contribution in [2.45, 2.75) is 32.1 Å². The number of fused-ring (bicyclic) bond motifs is 1. The maximum absolute atomic E-state index is 5.47. The molecule has 12 heavy (non-hydrogen) atoms. The number of rotatable bonds is 2. The van der Waals surface area contributed by atoms with E-state index in [1.54, 1.807) is 0 Å². The Balaban J connectivity index is 2.25. The summed E-state index contributed by atoms with van der Waals surface area (Å²) >= 11 is 0. The van der Waals surface area contributed by atoms with Gasteiger partial charge in [0.25, 0.3) is 0 Å². The van der Waals surface area contributed by atoms with Gasteiger partial charge in [0.1, 0.15) is 5.76 Å². The van der Waals surface area contributed by atoms with Crippen molar-refractivity contribution in [3.8, 4) is 0 Å². The number of hydrogen-bond donors (Lipinski definition) is 1. The van der Waals surface area contributed by atoms with Gasteiger partial charge in [0.05, 0.1) is 5.69 Å². The van der Waals surface area contributed by atoms with Crippen molar-refractivity contribution in [3.05, 3.63) is 17.0 Å². The first-order valence-corrected chi connectivity index (χ1v) is 4.58. The van der Waals surface area contributed by atoms with E-state index < -0.39 is 0 Å². The highest BCUT2D eigenvalue weighted by Gasteiger charge is 2.17. The van der Waals surface area contributed by atoms with Crippen LogP contribution in [0.4, 0.5) is 0 Å². The molecule has 2 N–H and O–H groups in total. The lowest BCUT2D eigenvalue weighted by molar-refractivity contribution is 0.378. The Bertz CT molecular complexity index is 267. The predicted molar refractivity (Wildman–Crippen MR) is 45.9 cm³/mol. The Kier molecular flexibility index (Phi) is 2.13. The molecule has 1 aliphatic rings. The summed E-state index contributed by atoms with van der Waals surface area (Å²) in [4.78, 5) is 0. The zero-order valence-electron chi connectivity index (χ0n) is 7.18. The SMILES string of the molecule is NCCc1onc2c1CCCC2. The van der Waals surface area contributed by atoms with Crippen molar-refractivity contribution in [2.75, 3.05) is 6.54 Å². The molecule has 0 saturated heterocycles. The Morgan fingerprint density at radius 1 is 1.33 bits per heavy atom. The molecule has 0 saturated carbocycles. The van der Waals surface area contributed by atoms with Crippen LogP contribution in [0.3, 0.4) is 0 Å². The fourth-order valence-electron chi connectivity index (χ4n) is 1.78. The number of aryl methyl sites for hydroxylation is 1. The topological polar surface area (TPSA) is 52.0 Å². The molecular weight excluding hydrogens is 152 g/mol. The highest BCUT2D eigenvalue weighted by molar-refractivity contribution is 5.25. The van der Waals surface area contributed by atoms with E-state index >= 15 is 0 Å². The largest absolute Gasteiger partial charge is 0.361 e. The minimum atomic E-state index is 0.654. The summed E-state index contributed by atoms with van der Waals surface area (Å²) < 4.78 is 5.23. The lowest BCUT2D eigenvalue weighted by Gasteiger charge is -2.08. The first kappa shape index (κ1) is 7.80. The van der Waals surface area contributed by atoms with Gasteiger partial charge in [-0.25, -0.2) is 0 Å². The Labute approximate surface area is 71.9 Å². The van der Waals surface area contributed by atoms with Crippen molar-refractivity contribution in [2.24, 2.45) is 5.73 Å². The van der Waals surface area contributed by atoms with Crippen LogP contribution in [0.25, 0.3) is 0 Å². The molecule has 66 valence electrons. The fourth-order valence-corrected chi connectivity index (χ4v) is 1.78. The molecular formula is C9H14N2O. The number of hydrogen-bond acceptors (Lipinski definition) is 3. The highest BCUT2D eigenvalue weighted by Crippen LogP contribution is 2.23. The number of nitrogens with zero attached hydrogens (tertiary/aromatic N) is 1. The standard InChI is InChI=1S/C9H14N2O/c10-6-5-9-7-3-1-2-4-8(7)11-12-9/h1-6,10H2. The third kappa shape index (κ3) is 1.25. The van der Waals surface area contributed by atoms with E-state index in [4.69, 9.17) is 10.3 Å². The molecule has 3 nitrogen and oxygen atoms in total. The average Bonchev–Trinajstić information content (AvgIpc) is 2.50. The molecule has 0 bridgehead atoms. The second-order valence-electron chi connectivity index (χ2n) is 3.28. The fraction of sp³-hybridized carbons (Fsp3) is 0.667. The van der Waals surface area contributed by atoms with Gasteiger partial charge in [0.2, 0.25) is 0 Å². The third-order valence-electron chi connectivity index (χ3n) is 2.41. The van der Waals surface area contributed by atoms with Gasteiger partial charge in [-0.2, -0.15) is 0 Å². The van der Waals surface area contributed by atoms with Crippen LogP contribution in [-0.4, -0.2) is 11.7 Å². The van der Waals surface area contributed by atoms with Crippen LogP contribution in [0, 0.1) is 0 Å². The van der Waals surface area contributed by atoms with Crippen molar-refractivity contribution >= 4 is 0 Å². The maximum Gasteiger partial charge on any atom is 0.141 e. The molecule has 0 spiro atoms. The van der Waals surface area contributed by atoms with E-state index in [9.17, 15) is 0 Å². The Morgan fingerprint density at radius 3 is 3.00 bits per heavy atom. The highest BCUT2D eigenvalue weighted by atomic mass is 16.5. The van der Waals surface area contributed by atoms with Crippen molar-refractivity contribution < 1.29 is 4.52 Å². The van der Waals surface area contributed by atoms with Crippen LogP contribution in [0.5, 0.6) is 0 Å². The molecule has 0 aliphatic heterocycles. The quantitative estimate of drug-likeness (QED) is 0.714. The molecule has 1 aliphatic carbocycles. The average molecular weight is 166 g/mol. The molecule has 0 unspecified atom stereocenters. The van der Waals surface area contributed by atoms with Gasteiger partial charge >= 0.3 is 0 Å². The second-order valence-corrected chi connectivity index (χ2v) is 3.28. The lowest BCUT2D eigenvalue weighted by Crippen LogP contribution is -2.06. The van der Waals surface area contributed by atoms with E-state index in [0.29, 0.717) is 6.54 Å². The third-order valence-corrected chi connectivity index (χ3v) is 2.41. The summed E-state index contributed by atoms with van der Waals surface area (Å²) in [6.07, 6.45) is 5.58. The van der Waals surface area contributed by atoms with Crippen LogP contribution in [-0.2, 0) is 19.3 Å². The minimum Gasteiger partial charge on any atom is -0.361 e. The summed E-state index contributed by atoms with van der Waals surface area (Å²) in [6.45, 7) is 0.654. The molecule has 0 aromatic carbocycles. The summed E-state index contributed by atoms with van der Waals surface area (Å²) in [7, 11) is 0. The number of aromatic nitrogens is 1. The van der Waals surface area contributed by atoms with Crippen LogP contribution in [0.15, 0.2) is 4.52 Å². The van der Waals surface area contributed by atoms with E-state index in [-0.39, 0.29) is 0 Å². The lowest BCUT2D eigenvalue weighted by atomic mass is 9.95. The maximum atomic E-state index is 5.47. The molecule has 0 amide bonds. The first-order valence-electron chi connectivity index (χ1n) is 4.58. The van der Waals surface area contributed by atoms with E-state index in [2.05, 4.69) is 5.16 Å². The first-order chi connectivity index (χ1) is 5.92. The molecule has 0 fully saturated rings. The predicted octanol–water partition coefficient (Wildman–Crippen LogP) is 1.05. The molecule has 1 aromatic heterocycles. The molecule has 3 heteroatoms. The Morgan fingerprint density at radius 2 is 2.17 bits per heavy atom. The smallest absolute Gasteiger partial charge is 0.141 e. The van der Waals surface area contributed by atoms with Gasteiger partial charge in [-0.3, -0.25) is 0 Å². The summed E-state index contributed by atoms with van der Waals surface area (Å²) in [5.41, 5.74) is 7.98. The van der Waals surface area contributed by atoms with Gasteiger partial charge in [-0.05, 0) is 32.2 Å². The normalized spacial score (nSPS) is 16.1. The number of nitrogens with two attached hydrogens (primary N) is 1. The molecule has 1 aromatic rings. The molecule has 1 heterocycles. The molecule has 0 radical (unpaired) electrons. The van der Waals surface area contributed by atoms with Gasteiger partial charge < -0.3 is 10.3 Å². The van der Waals surface area contributed by atoms with Gasteiger partial charge in [-0.1, -0.05) is 5.16 Å². The summed E-state index contributed by atoms with van der Waals surface area (Å²) in [5.74, 6) is 1.02. The molecule has 2 rings (SSSR count). The van der Waals surface area contributed by atoms with Gasteiger partial charge in [0.15, 0.2) is 0 Å². The summed E-state index contributed by atoms with van der Waals surface area (Å²) in [5, 5.41) is 4.04. The van der Waals surface area contributed by atoms with Crippen LogP contribution < -0.4 is 5.73 Å². The zero-order valence-corrected chi connectivity index (χ0v) is 7.18. The van der Waals surface area contributed by atoms with Crippen LogP contribution >= 0.6 is 0 Å². The van der Waals surface area contributed by atoms with Crippen molar-refractivity contribution in [3.63, 3.8) is 0 Å². The zero-order chi connectivity index (χ0) is 8.39. The van der Waals surface area contributed by atoms with Gasteiger partial charge in [0, 0.05) is 12.0 Å². The minimum absolute atomic E-state index is 0.654. The monoisotopic (exact) mass is 166 g/mol. The van der Waals surface area contributed by atoms with E-state index in [1.165, 1.54) is 24.1 Å². The van der Waals surface area contributed by atoms with E-state index in [1.807, 2.05) is 0 Å².